The minimum atomic E-state index is -0.359. The molecule has 0 radical (unpaired) electrons. The highest BCUT2D eigenvalue weighted by atomic mass is 16.1. The molecule has 2 rings (SSSR count). The zero-order valence-electron chi connectivity index (χ0n) is 12.7. The highest BCUT2D eigenvalue weighted by Gasteiger charge is 2.28. The fraction of sp³-hybridized carbons (Fsp3) is 0.562. The minimum absolute atomic E-state index is 0.279. The predicted molar refractivity (Wildman–Crippen MR) is 81.7 cm³/mol. The van der Waals surface area contributed by atoms with Gasteiger partial charge in [0.1, 0.15) is 0 Å². The van der Waals surface area contributed by atoms with Crippen LogP contribution in [0.4, 0.5) is 0 Å². The Morgan fingerprint density at radius 3 is 2.55 bits per heavy atom. The number of nitrogens with two attached hydrogens (primary N) is 1. The van der Waals surface area contributed by atoms with E-state index in [0.717, 1.165) is 25.2 Å². The molecule has 110 valence electrons. The average molecular weight is 275 g/mol. The van der Waals surface area contributed by atoms with Crippen LogP contribution in [0.2, 0.25) is 0 Å². The van der Waals surface area contributed by atoms with Gasteiger partial charge in [-0.3, -0.25) is 9.69 Å². The van der Waals surface area contributed by atoms with Crippen LogP contribution in [-0.2, 0) is 6.54 Å². The molecule has 1 aromatic rings. The molecule has 0 spiro atoms. The maximum atomic E-state index is 11.2. The number of nitrogens with zero attached hydrogens (tertiary/aromatic N) is 1. The number of rotatable bonds is 4. The number of primary amides is 1. The van der Waals surface area contributed by atoms with Gasteiger partial charge in [-0.05, 0) is 57.0 Å². The number of nitrogens with one attached hydrogen (secondary N) is 1. The summed E-state index contributed by atoms with van der Waals surface area (Å²) in [6, 6.07) is 5.74. The van der Waals surface area contributed by atoms with E-state index in [1.807, 2.05) is 32.2 Å². The molecule has 4 heteroatoms. The monoisotopic (exact) mass is 275 g/mol. The first-order valence-corrected chi connectivity index (χ1v) is 7.24. The largest absolute Gasteiger partial charge is 0.366 e. The maximum absolute atomic E-state index is 11.2. The number of amides is 1. The molecular formula is C16H25N3O. The first kappa shape index (κ1) is 15.0. The number of benzene rings is 1. The number of likely N-dealkylation sites (tertiary alicyclic amines) is 1. The van der Waals surface area contributed by atoms with Crippen molar-refractivity contribution in [2.45, 2.75) is 38.8 Å². The van der Waals surface area contributed by atoms with Crippen LogP contribution < -0.4 is 11.1 Å². The van der Waals surface area contributed by atoms with E-state index < -0.39 is 0 Å². The zero-order valence-corrected chi connectivity index (χ0v) is 12.7. The first-order chi connectivity index (χ1) is 9.43. The van der Waals surface area contributed by atoms with Crippen LogP contribution in [-0.4, -0.2) is 36.5 Å². The van der Waals surface area contributed by atoms with E-state index >= 15 is 0 Å². The van der Waals surface area contributed by atoms with Gasteiger partial charge in [0.15, 0.2) is 0 Å². The standard InChI is InChI=1S/C16H25N3O/c1-12-10-13(15(17)20)4-5-14(12)11-19-8-6-16(2,18-3)7-9-19/h4-5,10,18H,6-9,11H2,1-3H3,(H2,17,20). The molecule has 1 heterocycles. The van der Waals surface area contributed by atoms with Crippen LogP contribution in [0.5, 0.6) is 0 Å². The van der Waals surface area contributed by atoms with E-state index in [0.29, 0.717) is 5.56 Å². The number of carbonyl (C=O) groups is 1. The van der Waals surface area contributed by atoms with E-state index in [1.54, 1.807) is 0 Å². The molecule has 3 N–H and O–H groups in total. The lowest BCUT2D eigenvalue weighted by atomic mass is 9.89. The van der Waals surface area contributed by atoms with Gasteiger partial charge in [0, 0.05) is 30.7 Å². The SMILES string of the molecule is CNC1(C)CCN(Cc2ccc(C(N)=O)cc2C)CC1. The highest BCUT2D eigenvalue weighted by Crippen LogP contribution is 2.23. The van der Waals surface area contributed by atoms with Gasteiger partial charge in [-0.15, -0.1) is 0 Å². The van der Waals surface area contributed by atoms with Crippen LogP contribution in [0, 0.1) is 6.92 Å². The third-order valence-corrected chi connectivity index (χ3v) is 4.58. The molecule has 0 atom stereocenters. The van der Waals surface area contributed by atoms with Crippen LogP contribution in [0.15, 0.2) is 18.2 Å². The van der Waals surface area contributed by atoms with Crippen LogP contribution >= 0.6 is 0 Å². The second-order valence-corrected chi connectivity index (χ2v) is 6.09. The van der Waals surface area contributed by atoms with E-state index in [-0.39, 0.29) is 11.4 Å². The lowest BCUT2D eigenvalue weighted by Gasteiger charge is -2.39. The quantitative estimate of drug-likeness (QED) is 0.879. The van der Waals surface area contributed by atoms with Crippen LogP contribution in [0.3, 0.4) is 0 Å². The van der Waals surface area contributed by atoms with Gasteiger partial charge in [0.2, 0.25) is 5.91 Å². The normalized spacial score (nSPS) is 18.9. The Morgan fingerprint density at radius 2 is 2.05 bits per heavy atom. The predicted octanol–water partition coefficient (Wildman–Crippen LogP) is 1.67. The molecule has 1 fully saturated rings. The van der Waals surface area contributed by atoms with Gasteiger partial charge in [-0.2, -0.15) is 0 Å². The molecule has 0 aromatic heterocycles. The van der Waals surface area contributed by atoms with Gasteiger partial charge in [-0.1, -0.05) is 6.07 Å². The van der Waals surface area contributed by atoms with Crippen molar-refractivity contribution in [2.75, 3.05) is 20.1 Å². The number of hydrogen-bond acceptors (Lipinski definition) is 3. The molecular weight excluding hydrogens is 250 g/mol. The molecule has 0 bridgehead atoms. The molecule has 1 aliphatic rings. The Morgan fingerprint density at radius 1 is 1.40 bits per heavy atom. The summed E-state index contributed by atoms with van der Waals surface area (Å²) in [5.74, 6) is -0.359. The van der Waals surface area contributed by atoms with Crippen LogP contribution in [0.25, 0.3) is 0 Å². The summed E-state index contributed by atoms with van der Waals surface area (Å²) in [6.07, 6.45) is 2.34. The Bertz CT molecular complexity index is 490. The molecule has 0 aliphatic carbocycles. The Labute approximate surface area is 121 Å². The lowest BCUT2D eigenvalue weighted by Crippen LogP contribution is -2.49. The summed E-state index contributed by atoms with van der Waals surface area (Å²) >= 11 is 0. The van der Waals surface area contributed by atoms with Gasteiger partial charge in [0.05, 0.1) is 0 Å². The van der Waals surface area contributed by atoms with Gasteiger partial charge >= 0.3 is 0 Å². The smallest absolute Gasteiger partial charge is 0.248 e. The molecule has 1 saturated heterocycles. The van der Waals surface area contributed by atoms with E-state index in [1.165, 1.54) is 18.4 Å². The third kappa shape index (κ3) is 3.38. The third-order valence-electron chi connectivity index (χ3n) is 4.58. The molecule has 20 heavy (non-hydrogen) atoms. The van der Waals surface area contributed by atoms with Crippen molar-refractivity contribution < 1.29 is 4.79 Å². The Kier molecular flexibility index (Phi) is 4.45. The summed E-state index contributed by atoms with van der Waals surface area (Å²) in [4.78, 5) is 13.6. The summed E-state index contributed by atoms with van der Waals surface area (Å²) in [5.41, 5.74) is 8.60. The van der Waals surface area contributed by atoms with Crippen molar-refractivity contribution in [3.63, 3.8) is 0 Å². The second kappa shape index (κ2) is 5.94. The highest BCUT2D eigenvalue weighted by molar-refractivity contribution is 5.93. The number of carbonyl (C=O) groups excluding carboxylic acids is 1. The summed E-state index contributed by atoms with van der Waals surface area (Å²) in [7, 11) is 2.04. The molecule has 4 nitrogen and oxygen atoms in total. The number of hydrogen-bond donors (Lipinski definition) is 2. The number of piperidine rings is 1. The topological polar surface area (TPSA) is 58.4 Å². The van der Waals surface area contributed by atoms with Crippen molar-refractivity contribution in [1.29, 1.82) is 0 Å². The average Bonchev–Trinajstić information content (AvgIpc) is 2.43. The molecule has 0 saturated carbocycles. The van der Waals surface area contributed by atoms with Crippen molar-refractivity contribution in [3.8, 4) is 0 Å². The zero-order chi connectivity index (χ0) is 14.8. The summed E-state index contributed by atoms with van der Waals surface area (Å²) in [5, 5.41) is 3.42. The summed E-state index contributed by atoms with van der Waals surface area (Å²) < 4.78 is 0. The van der Waals surface area contributed by atoms with E-state index in [9.17, 15) is 4.79 Å². The minimum Gasteiger partial charge on any atom is -0.366 e. The Balaban J connectivity index is 2.00. The lowest BCUT2D eigenvalue weighted by molar-refractivity contribution is 0.1000. The van der Waals surface area contributed by atoms with Crippen molar-refractivity contribution in [2.24, 2.45) is 5.73 Å². The van der Waals surface area contributed by atoms with Gasteiger partial charge in [0.25, 0.3) is 0 Å². The number of aryl methyl sites for hydroxylation is 1. The maximum Gasteiger partial charge on any atom is 0.248 e. The van der Waals surface area contributed by atoms with Crippen molar-refractivity contribution in [3.05, 3.63) is 34.9 Å². The fourth-order valence-electron chi connectivity index (χ4n) is 2.72. The van der Waals surface area contributed by atoms with Crippen molar-refractivity contribution in [1.82, 2.24) is 10.2 Å². The van der Waals surface area contributed by atoms with E-state index in [2.05, 4.69) is 17.1 Å². The van der Waals surface area contributed by atoms with Gasteiger partial charge in [-0.25, -0.2) is 0 Å². The molecule has 1 aromatic carbocycles. The molecule has 0 unspecified atom stereocenters. The second-order valence-electron chi connectivity index (χ2n) is 6.09. The van der Waals surface area contributed by atoms with Crippen molar-refractivity contribution >= 4 is 5.91 Å². The van der Waals surface area contributed by atoms with Crippen LogP contribution in [0.1, 0.15) is 41.3 Å². The molecule has 1 aliphatic heterocycles. The Hall–Kier alpha value is -1.39. The molecule has 1 amide bonds. The fourth-order valence-corrected chi connectivity index (χ4v) is 2.72. The van der Waals surface area contributed by atoms with Gasteiger partial charge < -0.3 is 11.1 Å². The summed E-state index contributed by atoms with van der Waals surface area (Å²) in [6.45, 7) is 7.49. The first-order valence-electron chi connectivity index (χ1n) is 7.24. The van der Waals surface area contributed by atoms with E-state index in [4.69, 9.17) is 5.73 Å².